The summed E-state index contributed by atoms with van der Waals surface area (Å²) in [5.41, 5.74) is 0.290. The molecule has 3 heterocycles. The highest BCUT2D eigenvalue weighted by Gasteiger charge is 2.57. The number of imide groups is 1. The summed E-state index contributed by atoms with van der Waals surface area (Å²) < 4.78 is 0. The second-order valence-corrected chi connectivity index (χ2v) is 8.69. The largest absolute Gasteiger partial charge is 0.346 e. The molecule has 0 unspecified atom stereocenters. The SMILES string of the molecule is CCCc1nnc(N2CCC3(CC2)C(=O)N(CC)C(=O)N3Cc2ccccc2)s1. The minimum absolute atomic E-state index is 0.0514. The number of carbonyl (C=O) groups excluding carboxylic acids is 2. The number of aryl methyl sites for hydroxylation is 1. The molecule has 4 rings (SSSR count). The molecule has 1 spiro atoms. The molecule has 154 valence electrons. The van der Waals surface area contributed by atoms with Crippen LogP contribution in [0.3, 0.4) is 0 Å². The van der Waals surface area contributed by atoms with Gasteiger partial charge in [-0.25, -0.2) is 4.79 Å². The van der Waals surface area contributed by atoms with Crippen molar-refractivity contribution in [1.82, 2.24) is 20.0 Å². The van der Waals surface area contributed by atoms with Gasteiger partial charge in [0.15, 0.2) is 0 Å². The van der Waals surface area contributed by atoms with Crippen LogP contribution in [-0.4, -0.2) is 57.1 Å². The number of carbonyl (C=O) groups is 2. The molecule has 2 aliphatic rings. The lowest BCUT2D eigenvalue weighted by Gasteiger charge is -2.42. The van der Waals surface area contributed by atoms with Gasteiger partial charge >= 0.3 is 6.03 Å². The number of benzene rings is 1. The van der Waals surface area contributed by atoms with Gasteiger partial charge in [0.2, 0.25) is 5.13 Å². The van der Waals surface area contributed by atoms with Gasteiger partial charge < -0.3 is 9.80 Å². The van der Waals surface area contributed by atoms with Crippen LogP contribution in [-0.2, 0) is 17.8 Å². The second-order valence-electron chi connectivity index (χ2n) is 7.65. The second kappa shape index (κ2) is 8.10. The first-order chi connectivity index (χ1) is 14.1. The molecule has 1 aromatic heterocycles. The number of amides is 3. The van der Waals surface area contributed by atoms with Gasteiger partial charge in [-0.1, -0.05) is 48.6 Å². The van der Waals surface area contributed by atoms with Gasteiger partial charge in [0.25, 0.3) is 5.91 Å². The lowest BCUT2D eigenvalue weighted by molar-refractivity contribution is -0.134. The third-order valence-corrected chi connectivity index (χ3v) is 6.95. The van der Waals surface area contributed by atoms with E-state index < -0.39 is 5.54 Å². The molecule has 0 N–H and O–H groups in total. The van der Waals surface area contributed by atoms with E-state index in [0.717, 1.165) is 28.5 Å². The molecule has 8 heteroatoms. The monoisotopic (exact) mass is 413 g/mol. The lowest BCUT2D eigenvalue weighted by atomic mass is 9.85. The molecule has 2 aromatic rings. The molecular formula is C21H27N5O2S. The Morgan fingerprint density at radius 2 is 1.79 bits per heavy atom. The highest BCUT2D eigenvalue weighted by Crippen LogP contribution is 2.39. The van der Waals surface area contributed by atoms with Gasteiger partial charge in [0, 0.05) is 32.6 Å². The van der Waals surface area contributed by atoms with E-state index in [4.69, 9.17) is 0 Å². The van der Waals surface area contributed by atoms with E-state index in [1.54, 1.807) is 16.2 Å². The average Bonchev–Trinajstić information content (AvgIpc) is 3.28. The molecule has 3 amide bonds. The molecule has 0 aliphatic carbocycles. The van der Waals surface area contributed by atoms with Crippen molar-refractivity contribution < 1.29 is 9.59 Å². The summed E-state index contributed by atoms with van der Waals surface area (Å²) >= 11 is 1.63. The van der Waals surface area contributed by atoms with Crippen LogP contribution in [0.25, 0.3) is 0 Å². The van der Waals surface area contributed by atoms with Crippen molar-refractivity contribution >= 4 is 28.4 Å². The Labute approximate surface area is 175 Å². The topological polar surface area (TPSA) is 69.6 Å². The molecule has 2 aliphatic heterocycles. The van der Waals surface area contributed by atoms with E-state index >= 15 is 0 Å². The molecular weight excluding hydrogens is 386 g/mol. The van der Waals surface area contributed by atoms with Crippen molar-refractivity contribution in [3.05, 3.63) is 40.9 Å². The van der Waals surface area contributed by atoms with Gasteiger partial charge in [0.1, 0.15) is 10.5 Å². The highest BCUT2D eigenvalue weighted by atomic mass is 32.1. The van der Waals surface area contributed by atoms with Gasteiger partial charge in [-0.05, 0) is 31.7 Å². The van der Waals surface area contributed by atoms with E-state index in [0.29, 0.717) is 39.0 Å². The third-order valence-electron chi connectivity index (χ3n) is 5.90. The number of anilines is 1. The van der Waals surface area contributed by atoms with Gasteiger partial charge in [-0.2, -0.15) is 0 Å². The van der Waals surface area contributed by atoms with Gasteiger partial charge in [-0.15, -0.1) is 10.2 Å². The Hall–Kier alpha value is -2.48. The summed E-state index contributed by atoms with van der Waals surface area (Å²) in [6.07, 6.45) is 3.22. The molecule has 0 bridgehead atoms. The van der Waals surface area contributed by atoms with Crippen molar-refractivity contribution in [2.75, 3.05) is 24.5 Å². The summed E-state index contributed by atoms with van der Waals surface area (Å²) in [7, 11) is 0. The maximum atomic E-state index is 13.3. The zero-order valence-corrected chi connectivity index (χ0v) is 17.8. The summed E-state index contributed by atoms with van der Waals surface area (Å²) in [4.78, 5) is 31.7. The predicted octanol–water partition coefficient (Wildman–Crippen LogP) is 3.31. The first-order valence-electron chi connectivity index (χ1n) is 10.3. The Kier molecular flexibility index (Phi) is 5.54. The van der Waals surface area contributed by atoms with Gasteiger partial charge in [-0.3, -0.25) is 9.69 Å². The minimum atomic E-state index is -0.754. The Bertz CT molecular complexity index is 876. The normalized spacial score (nSPS) is 18.9. The van der Waals surface area contributed by atoms with E-state index in [1.807, 2.05) is 37.3 Å². The molecule has 0 saturated carbocycles. The number of likely N-dealkylation sites (N-methyl/N-ethyl adjacent to an activating group) is 1. The quantitative estimate of drug-likeness (QED) is 0.680. The highest BCUT2D eigenvalue weighted by molar-refractivity contribution is 7.15. The van der Waals surface area contributed by atoms with E-state index in [-0.39, 0.29) is 11.9 Å². The van der Waals surface area contributed by atoms with E-state index in [9.17, 15) is 9.59 Å². The molecule has 7 nitrogen and oxygen atoms in total. The fraction of sp³-hybridized carbons (Fsp3) is 0.524. The Morgan fingerprint density at radius 3 is 2.45 bits per heavy atom. The molecule has 0 atom stereocenters. The number of aromatic nitrogens is 2. The number of hydrogen-bond acceptors (Lipinski definition) is 6. The number of urea groups is 1. The van der Waals surface area contributed by atoms with Crippen LogP contribution in [0.4, 0.5) is 9.93 Å². The van der Waals surface area contributed by atoms with Crippen LogP contribution in [0.2, 0.25) is 0 Å². The number of hydrogen-bond donors (Lipinski definition) is 0. The lowest BCUT2D eigenvalue weighted by Crippen LogP contribution is -2.56. The zero-order chi connectivity index (χ0) is 20.4. The van der Waals surface area contributed by atoms with Crippen LogP contribution in [0.5, 0.6) is 0 Å². The molecule has 2 fully saturated rings. The zero-order valence-electron chi connectivity index (χ0n) is 17.0. The third kappa shape index (κ3) is 3.50. The summed E-state index contributed by atoms with van der Waals surface area (Å²) in [5.74, 6) is -0.0514. The summed E-state index contributed by atoms with van der Waals surface area (Å²) in [6, 6.07) is 9.73. The van der Waals surface area contributed by atoms with Crippen LogP contribution < -0.4 is 4.90 Å². The van der Waals surface area contributed by atoms with Crippen LogP contribution in [0, 0.1) is 0 Å². The number of piperidine rings is 1. The maximum Gasteiger partial charge on any atom is 0.327 e. The summed E-state index contributed by atoms with van der Waals surface area (Å²) in [5, 5.41) is 10.6. The van der Waals surface area contributed by atoms with Crippen LogP contribution in [0.1, 0.15) is 43.7 Å². The summed E-state index contributed by atoms with van der Waals surface area (Å²) in [6.45, 7) is 6.26. The van der Waals surface area contributed by atoms with Crippen molar-refractivity contribution in [3.63, 3.8) is 0 Å². The Morgan fingerprint density at radius 1 is 1.07 bits per heavy atom. The average molecular weight is 414 g/mol. The smallest absolute Gasteiger partial charge is 0.327 e. The Balaban J connectivity index is 1.55. The predicted molar refractivity (Wildman–Crippen MR) is 113 cm³/mol. The molecule has 2 saturated heterocycles. The molecule has 0 radical (unpaired) electrons. The molecule has 1 aromatic carbocycles. The van der Waals surface area contributed by atoms with Crippen molar-refractivity contribution in [3.8, 4) is 0 Å². The maximum absolute atomic E-state index is 13.3. The van der Waals surface area contributed by atoms with Crippen LogP contribution in [0.15, 0.2) is 30.3 Å². The van der Waals surface area contributed by atoms with Crippen LogP contribution >= 0.6 is 11.3 Å². The number of nitrogens with zero attached hydrogens (tertiary/aromatic N) is 5. The minimum Gasteiger partial charge on any atom is -0.346 e. The first-order valence-corrected chi connectivity index (χ1v) is 11.2. The van der Waals surface area contributed by atoms with E-state index in [1.165, 1.54) is 4.90 Å². The fourth-order valence-electron chi connectivity index (χ4n) is 4.29. The van der Waals surface area contributed by atoms with Crippen molar-refractivity contribution in [2.24, 2.45) is 0 Å². The van der Waals surface area contributed by atoms with E-state index in [2.05, 4.69) is 22.0 Å². The first kappa shape index (κ1) is 19.8. The number of rotatable bonds is 6. The van der Waals surface area contributed by atoms with Crippen molar-refractivity contribution in [1.29, 1.82) is 0 Å². The standard InChI is InChI=1S/C21H27N5O2S/c1-3-8-17-22-23-19(29-17)24-13-11-21(12-14-24)18(27)25(4-2)20(28)26(21)15-16-9-6-5-7-10-16/h5-7,9-10H,3-4,8,11-15H2,1-2H3. The fourth-order valence-corrected chi connectivity index (χ4v) is 5.28. The molecule has 29 heavy (non-hydrogen) atoms. The van der Waals surface area contributed by atoms with Crippen molar-refractivity contribution in [2.45, 2.75) is 51.6 Å². The van der Waals surface area contributed by atoms with Gasteiger partial charge in [0.05, 0.1) is 0 Å².